The smallest absolute Gasteiger partial charge is 0.407 e. The number of aromatic nitrogens is 2. The molecule has 0 saturated heterocycles. The zero-order valence-corrected chi connectivity index (χ0v) is 16.5. The third-order valence-corrected chi connectivity index (χ3v) is 3.96. The molecular weight excluding hydrogens is 344 g/mol. The molecule has 0 saturated carbocycles. The average Bonchev–Trinajstić information content (AvgIpc) is 3.08. The average molecular weight is 375 g/mol. The van der Waals surface area contributed by atoms with E-state index in [-0.39, 0.29) is 12.1 Å². The number of benzene rings is 1. The van der Waals surface area contributed by atoms with Gasteiger partial charge in [-0.15, -0.1) is 0 Å². The van der Waals surface area contributed by atoms with E-state index >= 15 is 0 Å². The van der Waals surface area contributed by atoms with E-state index in [4.69, 9.17) is 9.26 Å². The van der Waals surface area contributed by atoms with Crippen molar-refractivity contribution in [3.8, 4) is 0 Å². The van der Waals surface area contributed by atoms with Gasteiger partial charge in [-0.3, -0.25) is 0 Å². The van der Waals surface area contributed by atoms with E-state index in [0.717, 1.165) is 32.1 Å². The van der Waals surface area contributed by atoms with Crippen molar-refractivity contribution in [3.05, 3.63) is 47.6 Å². The Kier molecular flexibility index (Phi) is 7.79. The summed E-state index contributed by atoms with van der Waals surface area (Å²) in [7, 11) is 0. The first-order valence-electron chi connectivity index (χ1n) is 9.50. The van der Waals surface area contributed by atoms with Gasteiger partial charge in [-0.2, -0.15) is 4.98 Å². The van der Waals surface area contributed by atoms with Gasteiger partial charge < -0.3 is 20.3 Å². The van der Waals surface area contributed by atoms with Gasteiger partial charge in [0.25, 0.3) is 5.89 Å². The molecule has 1 aromatic carbocycles. The number of ether oxygens (including phenoxy) is 1. The Labute approximate surface area is 160 Å². The number of quaternary nitrogens is 1. The second-order valence-electron chi connectivity index (χ2n) is 7.66. The van der Waals surface area contributed by atoms with Crippen molar-refractivity contribution >= 4 is 6.09 Å². The topological polar surface area (TPSA) is 105 Å². The summed E-state index contributed by atoms with van der Waals surface area (Å²) in [5, 5.41) is 6.81. The van der Waals surface area contributed by atoms with E-state index in [1.54, 1.807) is 0 Å². The first-order valence-corrected chi connectivity index (χ1v) is 9.50. The third-order valence-electron chi connectivity index (χ3n) is 3.96. The number of alkyl carbamates (subject to hydrolysis) is 1. The standard InChI is InChI=1S/C20H30N4O3/c1-20(2,3)26-19(25)22-14-8-7-11-16(21)18-23-17(24-27-18)13-12-15-9-5-4-6-10-15/h4-6,9-10,16H,7-8,11-14,21H2,1-3H3,(H,22,25)/p+1. The summed E-state index contributed by atoms with van der Waals surface area (Å²) in [4.78, 5) is 16.0. The van der Waals surface area contributed by atoms with Crippen molar-refractivity contribution in [2.24, 2.45) is 0 Å². The van der Waals surface area contributed by atoms with Crippen LogP contribution in [0.4, 0.5) is 4.79 Å². The molecule has 2 aromatic rings. The summed E-state index contributed by atoms with van der Waals surface area (Å²) in [6.07, 6.45) is 3.84. The number of nitrogens with one attached hydrogen (secondary N) is 1. The molecule has 0 radical (unpaired) electrons. The molecule has 0 aliphatic heterocycles. The van der Waals surface area contributed by atoms with Crippen LogP contribution in [-0.4, -0.2) is 28.4 Å². The lowest BCUT2D eigenvalue weighted by Crippen LogP contribution is -2.53. The molecule has 0 aliphatic carbocycles. The second-order valence-corrected chi connectivity index (χ2v) is 7.66. The quantitative estimate of drug-likeness (QED) is 0.656. The monoisotopic (exact) mass is 375 g/mol. The number of hydrogen-bond acceptors (Lipinski definition) is 5. The van der Waals surface area contributed by atoms with Crippen molar-refractivity contribution in [2.45, 2.75) is 64.5 Å². The minimum Gasteiger partial charge on any atom is -0.444 e. The van der Waals surface area contributed by atoms with Crippen LogP contribution >= 0.6 is 0 Å². The van der Waals surface area contributed by atoms with Gasteiger partial charge in [0.15, 0.2) is 11.9 Å². The molecule has 148 valence electrons. The van der Waals surface area contributed by atoms with E-state index in [1.807, 2.05) is 39.0 Å². The van der Waals surface area contributed by atoms with Crippen LogP contribution in [0.1, 0.15) is 63.4 Å². The number of nitrogens with zero attached hydrogens (tertiary/aromatic N) is 2. The maximum absolute atomic E-state index is 11.6. The van der Waals surface area contributed by atoms with Gasteiger partial charge in [-0.1, -0.05) is 35.5 Å². The van der Waals surface area contributed by atoms with Gasteiger partial charge >= 0.3 is 6.09 Å². The third kappa shape index (κ3) is 8.21. The SMILES string of the molecule is CC(C)(C)OC(=O)NCCCCC([NH3+])c1nc(CCc2ccccc2)no1. The molecule has 1 unspecified atom stereocenters. The van der Waals surface area contributed by atoms with Gasteiger partial charge in [0, 0.05) is 19.4 Å². The normalized spacial score (nSPS) is 12.6. The van der Waals surface area contributed by atoms with Crippen molar-refractivity contribution < 1.29 is 19.8 Å². The number of carbonyl (C=O) groups is 1. The highest BCUT2D eigenvalue weighted by atomic mass is 16.6. The first-order chi connectivity index (χ1) is 12.8. The lowest BCUT2D eigenvalue weighted by Gasteiger charge is -2.19. The van der Waals surface area contributed by atoms with E-state index in [9.17, 15) is 4.79 Å². The van der Waals surface area contributed by atoms with Crippen LogP contribution in [0.15, 0.2) is 34.9 Å². The Morgan fingerprint density at radius 2 is 1.96 bits per heavy atom. The van der Waals surface area contributed by atoms with Crippen LogP contribution in [0.25, 0.3) is 0 Å². The molecular formula is C20H31N4O3+. The van der Waals surface area contributed by atoms with Crippen molar-refractivity contribution in [1.82, 2.24) is 15.5 Å². The maximum Gasteiger partial charge on any atom is 0.407 e. The molecule has 1 atom stereocenters. The summed E-state index contributed by atoms with van der Waals surface area (Å²) in [6, 6.07) is 10.2. The van der Waals surface area contributed by atoms with Gasteiger partial charge in [0.2, 0.25) is 0 Å². The Morgan fingerprint density at radius 1 is 1.22 bits per heavy atom. The fraction of sp³-hybridized carbons (Fsp3) is 0.550. The molecule has 0 bridgehead atoms. The van der Waals surface area contributed by atoms with Crippen molar-refractivity contribution in [2.75, 3.05) is 6.54 Å². The number of aryl methyl sites for hydroxylation is 2. The van der Waals surface area contributed by atoms with Crippen LogP contribution in [0.2, 0.25) is 0 Å². The van der Waals surface area contributed by atoms with E-state index in [0.29, 0.717) is 18.3 Å². The minimum atomic E-state index is -0.474. The van der Waals surface area contributed by atoms with Crippen LogP contribution in [0.5, 0.6) is 0 Å². The Morgan fingerprint density at radius 3 is 2.67 bits per heavy atom. The first kappa shape index (κ1) is 20.9. The lowest BCUT2D eigenvalue weighted by atomic mass is 10.1. The molecule has 27 heavy (non-hydrogen) atoms. The fourth-order valence-corrected chi connectivity index (χ4v) is 2.58. The Bertz CT molecular complexity index is 695. The lowest BCUT2D eigenvalue weighted by molar-refractivity contribution is -0.433. The van der Waals surface area contributed by atoms with Crippen LogP contribution < -0.4 is 11.1 Å². The van der Waals surface area contributed by atoms with Gasteiger partial charge in [0.05, 0.1) is 0 Å². The van der Waals surface area contributed by atoms with Gasteiger partial charge in [-0.05, 0) is 45.6 Å². The van der Waals surface area contributed by atoms with E-state index in [1.165, 1.54) is 5.56 Å². The molecule has 0 fully saturated rings. The predicted molar refractivity (Wildman–Crippen MR) is 102 cm³/mol. The molecule has 7 heteroatoms. The largest absolute Gasteiger partial charge is 0.444 e. The molecule has 0 spiro atoms. The second kappa shape index (κ2) is 10.1. The zero-order chi connectivity index (χ0) is 19.7. The van der Waals surface area contributed by atoms with Gasteiger partial charge in [-0.25, -0.2) is 4.79 Å². The van der Waals surface area contributed by atoms with Crippen LogP contribution in [0.3, 0.4) is 0 Å². The molecule has 2 rings (SSSR count). The number of hydrogen-bond donors (Lipinski definition) is 2. The maximum atomic E-state index is 11.6. The summed E-state index contributed by atoms with van der Waals surface area (Å²) in [5.74, 6) is 1.30. The summed E-state index contributed by atoms with van der Waals surface area (Å²) < 4.78 is 10.5. The summed E-state index contributed by atoms with van der Waals surface area (Å²) >= 11 is 0. The highest BCUT2D eigenvalue weighted by Gasteiger charge is 2.18. The predicted octanol–water partition coefficient (Wildman–Crippen LogP) is 2.83. The zero-order valence-electron chi connectivity index (χ0n) is 16.5. The number of rotatable bonds is 9. The molecule has 1 aromatic heterocycles. The molecule has 1 heterocycles. The highest BCUT2D eigenvalue weighted by molar-refractivity contribution is 5.67. The van der Waals surface area contributed by atoms with E-state index < -0.39 is 5.60 Å². The molecule has 1 amide bonds. The fourth-order valence-electron chi connectivity index (χ4n) is 2.58. The number of unbranched alkanes of at least 4 members (excludes halogenated alkanes) is 1. The molecule has 7 nitrogen and oxygen atoms in total. The van der Waals surface area contributed by atoms with Gasteiger partial charge in [0.1, 0.15) is 5.60 Å². The Balaban J connectivity index is 1.64. The number of carbonyl (C=O) groups excluding carboxylic acids is 1. The van der Waals surface area contributed by atoms with E-state index in [2.05, 4.69) is 33.3 Å². The van der Waals surface area contributed by atoms with Crippen LogP contribution in [-0.2, 0) is 17.6 Å². The Hall–Kier alpha value is -2.41. The minimum absolute atomic E-state index is 0.0375. The van der Waals surface area contributed by atoms with Crippen LogP contribution in [0, 0.1) is 0 Å². The van der Waals surface area contributed by atoms with Crippen molar-refractivity contribution in [3.63, 3.8) is 0 Å². The number of amides is 1. The molecule has 4 N–H and O–H groups in total. The molecule has 0 aliphatic rings. The highest BCUT2D eigenvalue weighted by Crippen LogP contribution is 2.14. The summed E-state index contributed by atoms with van der Waals surface area (Å²) in [6.45, 7) is 6.11. The summed E-state index contributed by atoms with van der Waals surface area (Å²) in [5.41, 5.74) is 4.90. The van der Waals surface area contributed by atoms with Crippen molar-refractivity contribution in [1.29, 1.82) is 0 Å².